The van der Waals surface area contributed by atoms with E-state index in [1.54, 1.807) is 0 Å². The molecule has 0 unspecified atom stereocenters. The van der Waals surface area contributed by atoms with E-state index in [4.69, 9.17) is 4.74 Å². The summed E-state index contributed by atoms with van der Waals surface area (Å²) in [5.74, 6) is 0.168. The van der Waals surface area contributed by atoms with Crippen molar-refractivity contribution in [2.45, 2.75) is 12.5 Å². The number of hydrogen-bond acceptors (Lipinski definition) is 5. The van der Waals surface area contributed by atoms with Gasteiger partial charge in [0, 0.05) is 12.6 Å². The van der Waals surface area contributed by atoms with E-state index in [1.807, 2.05) is 0 Å². The van der Waals surface area contributed by atoms with Crippen LogP contribution in [0, 0.1) is 0 Å². The minimum Gasteiger partial charge on any atom is -0.491 e. The van der Waals surface area contributed by atoms with Gasteiger partial charge < -0.3 is 15.4 Å². The van der Waals surface area contributed by atoms with E-state index >= 15 is 0 Å². The Labute approximate surface area is 80.8 Å². The maximum Gasteiger partial charge on any atom is 0.271 e. The highest BCUT2D eigenvalue weighted by molar-refractivity contribution is 5.62. The van der Waals surface area contributed by atoms with Crippen LogP contribution in [0.25, 0.3) is 0 Å². The SMILES string of the molecule is COc1c(N[C@@H]2CCNC2)c(=O)c1=O. The van der Waals surface area contributed by atoms with E-state index in [9.17, 15) is 9.59 Å². The van der Waals surface area contributed by atoms with Crippen LogP contribution in [0.4, 0.5) is 5.69 Å². The van der Waals surface area contributed by atoms with E-state index in [0.717, 1.165) is 19.5 Å². The first-order valence-electron chi connectivity index (χ1n) is 4.58. The van der Waals surface area contributed by atoms with Crippen molar-refractivity contribution in [2.75, 3.05) is 25.5 Å². The number of anilines is 1. The molecule has 1 aromatic rings. The average molecular weight is 196 g/mol. The van der Waals surface area contributed by atoms with Crippen molar-refractivity contribution in [2.24, 2.45) is 0 Å². The van der Waals surface area contributed by atoms with Gasteiger partial charge in [-0.3, -0.25) is 9.59 Å². The summed E-state index contributed by atoms with van der Waals surface area (Å²) >= 11 is 0. The van der Waals surface area contributed by atoms with Crippen LogP contribution in [0.5, 0.6) is 5.75 Å². The topological polar surface area (TPSA) is 67.4 Å². The van der Waals surface area contributed by atoms with Crippen molar-refractivity contribution < 1.29 is 4.74 Å². The molecule has 14 heavy (non-hydrogen) atoms. The van der Waals surface area contributed by atoms with Crippen LogP contribution in [0.2, 0.25) is 0 Å². The van der Waals surface area contributed by atoms with Gasteiger partial charge in [0.15, 0.2) is 5.75 Å². The third-order valence-corrected chi connectivity index (χ3v) is 2.48. The van der Waals surface area contributed by atoms with Crippen molar-refractivity contribution in [1.29, 1.82) is 0 Å². The van der Waals surface area contributed by atoms with Crippen molar-refractivity contribution in [1.82, 2.24) is 5.32 Å². The summed E-state index contributed by atoms with van der Waals surface area (Å²) in [5.41, 5.74) is -0.652. The van der Waals surface area contributed by atoms with Crippen LogP contribution < -0.4 is 26.2 Å². The molecule has 1 fully saturated rings. The van der Waals surface area contributed by atoms with Gasteiger partial charge in [-0.2, -0.15) is 0 Å². The van der Waals surface area contributed by atoms with Gasteiger partial charge in [-0.05, 0) is 13.0 Å². The third-order valence-electron chi connectivity index (χ3n) is 2.48. The molecule has 0 aromatic heterocycles. The molecule has 0 bridgehead atoms. The van der Waals surface area contributed by atoms with Gasteiger partial charge in [0.25, 0.3) is 10.9 Å². The van der Waals surface area contributed by atoms with E-state index < -0.39 is 10.9 Å². The molecule has 2 rings (SSSR count). The summed E-state index contributed by atoms with van der Waals surface area (Å²) in [6.45, 7) is 1.76. The average Bonchev–Trinajstić information content (AvgIpc) is 2.69. The minimum absolute atomic E-state index is 0.168. The molecule has 1 aliphatic heterocycles. The molecule has 0 spiro atoms. The molecule has 1 aromatic carbocycles. The predicted molar refractivity (Wildman–Crippen MR) is 52.8 cm³/mol. The number of nitrogens with one attached hydrogen (secondary N) is 2. The third kappa shape index (κ3) is 1.29. The summed E-state index contributed by atoms with van der Waals surface area (Å²) in [6, 6.07) is 0.229. The fraction of sp³-hybridized carbons (Fsp3) is 0.556. The fourth-order valence-corrected chi connectivity index (χ4v) is 1.68. The minimum atomic E-state index is -0.527. The highest BCUT2D eigenvalue weighted by atomic mass is 16.5. The molecule has 2 N–H and O–H groups in total. The Kier molecular flexibility index (Phi) is 2.25. The van der Waals surface area contributed by atoms with Gasteiger partial charge in [0.1, 0.15) is 5.69 Å². The van der Waals surface area contributed by atoms with Crippen LogP contribution >= 0.6 is 0 Å². The summed E-state index contributed by atoms with van der Waals surface area (Å²) in [7, 11) is 1.40. The molecular weight excluding hydrogens is 184 g/mol. The first-order valence-corrected chi connectivity index (χ1v) is 4.58. The van der Waals surface area contributed by atoms with E-state index in [2.05, 4.69) is 10.6 Å². The van der Waals surface area contributed by atoms with Crippen molar-refractivity contribution in [3.05, 3.63) is 20.4 Å². The van der Waals surface area contributed by atoms with Crippen LogP contribution in [-0.4, -0.2) is 26.2 Å². The van der Waals surface area contributed by atoms with Crippen LogP contribution in [0.3, 0.4) is 0 Å². The summed E-state index contributed by atoms with van der Waals surface area (Å²) in [6.07, 6.45) is 0.960. The molecule has 0 radical (unpaired) electrons. The molecule has 5 nitrogen and oxygen atoms in total. The maximum atomic E-state index is 11.1. The largest absolute Gasteiger partial charge is 0.491 e. The van der Waals surface area contributed by atoms with Gasteiger partial charge >= 0.3 is 0 Å². The summed E-state index contributed by atoms with van der Waals surface area (Å²) < 4.78 is 4.82. The Morgan fingerprint density at radius 3 is 2.79 bits per heavy atom. The van der Waals surface area contributed by atoms with Crippen molar-refractivity contribution in [3.63, 3.8) is 0 Å². The normalized spacial score (nSPS) is 21.4. The Morgan fingerprint density at radius 2 is 2.21 bits per heavy atom. The van der Waals surface area contributed by atoms with Gasteiger partial charge in [-0.15, -0.1) is 0 Å². The molecule has 0 amide bonds. The quantitative estimate of drug-likeness (QED) is 0.611. The zero-order valence-corrected chi connectivity index (χ0v) is 7.92. The Bertz CT molecular complexity index is 400. The number of ether oxygens (including phenoxy) is 1. The Balaban J connectivity index is 2.13. The van der Waals surface area contributed by atoms with Gasteiger partial charge in [0.2, 0.25) is 0 Å². The Morgan fingerprint density at radius 1 is 1.43 bits per heavy atom. The lowest BCUT2D eigenvalue weighted by molar-refractivity contribution is 0.407. The van der Waals surface area contributed by atoms with Gasteiger partial charge in [-0.1, -0.05) is 0 Å². The molecule has 1 heterocycles. The number of methoxy groups -OCH3 is 1. The van der Waals surface area contributed by atoms with E-state index in [0.29, 0.717) is 5.69 Å². The maximum absolute atomic E-state index is 11.1. The van der Waals surface area contributed by atoms with Crippen molar-refractivity contribution >= 4 is 5.69 Å². The molecule has 1 aliphatic rings. The molecule has 76 valence electrons. The molecule has 0 aliphatic carbocycles. The zero-order chi connectivity index (χ0) is 10.1. The summed E-state index contributed by atoms with van der Waals surface area (Å²) in [4.78, 5) is 22.1. The van der Waals surface area contributed by atoms with Crippen LogP contribution in [0.15, 0.2) is 9.59 Å². The number of hydrogen-bond donors (Lipinski definition) is 2. The molecule has 5 heteroatoms. The lowest BCUT2D eigenvalue weighted by Gasteiger charge is -2.15. The van der Waals surface area contributed by atoms with Crippen molar-refractivity contribution in [3.8, 4) is 5.75 Å². The molecule has 1 saturated heterocycles. The lowest BCUT2D eigenvalue weighted by atomic mass is 10.2. The first-order chi connectivity index (χ1) is 6.74. The van der Waals surface area contributed by atoms with Gasteiger partial charge in [0.05, 0.1) is 7.11 Å². The van der Waals surface area contributed by atoms with Gasteiger partial charge in [-0.25, -0.2) is 0 Å². The van der Waals surface area contributed by atoms with E-state index in [-0.39, 0.29) is 11.8 Å². The fourth-order valence-electron chi connectivity index (χ4n) is 1.68. The number of rotatable bonds is 3. The Hall–Kier alpha value is -1.36. The predicted octanol–water partition coefficient (Wildman–Crippen LogP) is -0.935. The highest BCUT2D eigenvalue weighted by Crippen LogP contribution is 2.18. The van der Waals surface area contributed by atoms with E-state index in [1.165, 1.54) is 7.11 Å². The second-order valence-corrected chi connectivity index (χ2v) is 3.40. The first kappa shape index (κ1) is 9.21. The lowest BCUT2D eigenvalue weighted by Crippen LogP contribution is -2.38. The second-order valence-electron chi connectivity index (χ2n) is 3.40. The zero-order valence-electron chi connectivity index (χ0n) is 7.92. The molecule has 1 atom stereocenters. The standard InChI is InChI=1S/C9H12N2O3/c1-14-9-6(7(12)8(9)13)11-5-2-3-10-4-5/h5,10-11H,2-4H2,1H3/t5-/m1/s1. The van der Waals surface area contributed by atoms with Crippen LogP contribution in [-0.2, 0) is 0 Å². The smallest absolute Gasteiger partial charge is 0.271 e. The second kappa shape index (κ2) is 3.42. The molecular formula is C9H12N2O3. The summed E-state index contributed by atoms with van der Waals surface area (Å²) in [5, 5.41) is 6.18. The highest BCUT2D eigenvalue weighted by Gasteiger charge is 2.25. The molecule has 0 saturated carbocycles. The monoisotopic (exact) mass is 196 g/mol. The van der Waals surface area contributed by atoms with Crippen LogP contribution in [0.1, 0.15) is 6.42 Å².